The number of imidazole rings is 1. The zero-order chi connectivity index (χ0) is 16.4. The normalized spacial score (nSPS) is 21.0. The third-order valence-corrected chi connectivity index (χ3v) is 5.00. The molecule has 5 nitrogen and oxygen atoms in total. The second-order valence-electron chi connectivity index (χ2n) is 7.06. The molecule has 2 aliphatic rings. The number of hydrogen-bond acceptors (Lipinski definition) is 4. The standard InChI is InChI=1S/C19H26N4O/c1-2-24-13-17-11-22(9-16-4-3-7-20-8-16)12-18-19(17)23(14-21-18)10-15-5-6-15/h3-4,7-8,14-15,17H,2,5-6,9-13H2,1H3. The Hall–Kier alpha value is -1.72. The molecule has 24 heavy (non-hydrogen) atoms. The van der Waals surface area contributed by atoms with Gasteiger partial charge >= 0.3 is 0 Å². The van der Waals surface area contributed by atoms with Gasteiger partial charge in [0.15, 0.2) is 0 Å². The van der Waals surface area contributed by atoms with Gasteiger partial charge in [-0.2, -0.15) is 0 Å². The van der Waals surface area contributed by atoms with Crippen molar-refractivity contribution in [2.24, 2.45) is 5.92 Å². The van der Waals surface area contributed by atoms with Crippen molar-refractivity contribution in [3.8, 4) is 0 Å². The van der Waals surface area contributed by atoms with Gasteiger partial charge in [-0.05, 0) is 37.3 Å². The number of rotatable bonds is 7. The maximum atomic E-state index is 5.79. The monoisotopic (exact) mass is 326 g/mol. The minimum atomic E-state index is 0.409. The lowest BCUT2D eigenvalue weighted by Crippen LogP contribution is -2.36. The zero-order valence-corrected chi connectivity index (χ0v) is 14.4. The highest BCUT2D eigenvalue weighted by atomic mass is 16.5. The number of nitrogens with zero attached hydrogens (tertiary/aromatic N) is 4. The number of ether oxygens (including phenoxy) is 1. The molecule has 0 N–H and O–H groups in total. The van der Waals surface area contributed by atoms with E-state index in [0.29, 0.717) is 5.92 Å². The van der Waals surface area contributed by atoms with Crippen LogP contribution in [-0.2, 0) is 24.4 Å². The van der Waals surface area contributed by atoms with Crippen LogP contribution in [0.4, 0.5) is 0 Å². The smallest absolute Gasteiger partial charge is 0.0952 e. The highest BCUT2D eigenvalue weighted by Crippen LogP contribution is 2.34. The van der Waals surface area contributed by atoms with Crippen molar-refractivity contribution in [1.82, 2.24) is 19.4 Å². The molecule has 0 spiro atoms. The van der Waals surface area contributed by atoms with Crippen molar-refractivity contribution in [1.29, 1.82) is 0 Å². The molecule has 128 valence electrons. The van der Waals surface area contributed by atoms with Crippen molar-refractivity contribution < 1.29 is 4.74 Å². The predicted molar refractivity (Wildman–Crippen MR) is 92.5 cm³/mol. The van der Waals surface area contributed by atoms with Gasteiger partial charge in [0.1, 0.15) is 0 Å². The van der Waals surface area contributed by atoms with E-state index in [4.69, 9.17) is 9.72 Å². The number of aromatic nitrogens is 3. The van der Waals surface area contributed by atoms with Crippen molar-refractivity contribution >= 4 is 0 Å². The fourth-order valence-corrected chi connectivity index (χ4v) is 3.69. The van der Waals surface area contributed by atoms with Gasteiger partial charge in [-0.3, -0.25) is 9.88 Å². The quantitative estimate of drug-likeness (QED) is 0.785. The molecule has 4 rings (SSSR count). The zero-order valence-electron chi connectivity index (χ0n) is 14.4. The fraction of sp³-hybridized carbons (Fsp3) is 0.579. The van der Waals surface area contributed by atoms with E-state index < -0.39 is 0 Å². The number of hydrogen-bond donors (Lipinski definition) is 0. The van der Waals surface area contributed by atoms with Crippen molar-refractivity contribution in [2.75, 3.05) is 19.8 Å². The van der Waals surface area contributed by atoms with Crippen LogP contribution >= 0.6 is 0 Å². The first-order valence-corrected chi connectivity index (χ1v) is 9.06. The van der Waals surface area contributed by atoms with Crippen LogP contribution < -0.4 is 0 Å². The molecular weight excluding hydrogens is 300 g/mol. The molecule has 0 radical (unpaired) electrons. The molecule has 2 aromatic heterocycles. The number of fused-ring (bicyclic) bond motifs is 1. The van der Waals surface area contributed by atoms with Crippen LogP contribution in [0, 0.1) is 5.92 Å². The van der Waals surface area contributed by atoms with Crippen molar-refractivity contribution in [2.45, 2.75) is 45.3 Å². The van der Waals surface area contributed by atoms with Crippen molar-refractivity contribution in [3.63, 3.8) is 0 Å². The second kappa shape index (κ2) is 7.03. The Labute approximate surface area is 143 Å². The molecule has 1 aliphatic carbocycles. The third kappa shape index (κ3) is 3.52. The molecule has 0 bridgehead atoms. The first kappa shape index (κ1) is 15.8. The van der Waals surface area contributed by atoms with Gasteiger partial charge < -0.3 is 9.30 Å². The van der Waals surface area contributed by atoms with Crippen LogP contribution in [-0.4, -0.2) is 39.2 Å². The summed E-state index contributed by atoms with van der Waals surface area (Å²) < 4.78 is 8.19. The molecule has 1 atom stereocenters. The van der Waals surface area contributed by atoms with E-state index in [-0.39, 0.29) is 0 Å². The Morgan fingerprint density at radius 2 is 2.25 bits per heavy atom. The average molecular weight is 326 g/mol. The second-order valence-corrected chi connectivity index (χ2v) is 7.06. The maximum absolute atomic E-state index is 5.79. The number of pyridine rings is 1. The predicted octanol–water partition coefficient (Wildman–Crippen LogP) is 2.82. The SMILES string of the molecule is CCOCC1CN(Cc2cccnc2)Cc2ncn(CC3CC3)c21. The molecule has 3 heterocycles. The summed E-state index contributed by atoms with van der Waals surface area (Å²) in [6.45, 7) is 7.62. The lowest BCUT2D eigenvalue weighted by molar-refractivity contribution is 0.102. The topological polar surface area (TPSA) is 43.2 Å². The fourth-order valence-electron chi connectivity index (χ4n) is 3.69. The van der Waals surface area contributed by atoms with Crippen LogP contribution in [0.25, 0.3) is 0 Å². The molecule has 0 aromatic carbocycles. The van der Waals surface area contributed by atoms with E-state index in [1.807, 2.05) is 18.5 Å². The minimum absolute atomic E-state index is 0.409. The largest absolute Gasteiger partial charge is 0.381 e. The molecular formula is C19H26N4O. The molecule has 0 amide bonds. The molecule has 1 fully saturated rings. The molecule has 1 aliphatic heterocycles. The third-order valence-electron chi connectivity index (χ3n) is 5.00. The first-order valence-electron chi connectivity index (χ1n) is 9.06. The Bertz CT molecular complexity index is 665. The van der Waals surface area contributed by atoms with E-state index in [1.54, 1.807) is 0 Å². The van der Waals surface area contributed by atoms with Gasteiger partial charge in [-0.25, -0.2) is 4.98 Å². The van der Waals surface area contributed by atoms with Gasteiger partial charge in [0.05, 0.1) is 18.6 Å². The van der Waals surface area contributed by atoms with E-state index in [2.05, 4.69) is 33.8 Å². The van der Waals surface area contributed by atoms with Crippen LogP contribution in [0.2, 0.25) is 0 Å². The Kier molecular flexibility index (Phi) is 4.63. The maximum Gasteiger partial charge on any atom is 0.0952 e. The molecule has 5 heteroatoms. The summed E-state index contributed by atoms with van der Waals surface area (Å²) in [7, 11) is 0. The van der Waals surface area contributed by atoms with E-state index >= 15 is 0 Å². The highest BCUT2D eigenvalue weighted by molar-refractivity contribution is 5.23. The summed E-state index contributed by atoms with van der Waals surface area (Å²) in [5, 5.41) is 0. The van der Waals surface area contributed by atoms with Crippen LogP contribution in [0.1, 0.15) is 42.6 Å². The lowest BCUT2D eigenvalue weighted by Gasteiger charge is -2.33. The van der Waals surface area contributed by atoms with Crippen LogP contribution in [0.5, 0.6) is 0 Å². The summed E-state index contributed by atoms with van der Waals surface area (Å²) in [4.78, 5) is 11.4. The Morgan fingerprint density at radius 1 is 1.33 bits per heavy atom. The molecule has 1 unspecified atom stereocenters. The minimum Gasteiger partial charge on any atom is -0.381 e. The first-order chi connectivity index (χ1) is 11.8. The van der Waals surface area contributed by atoms with Crippen molar-refractivity contribution in [3.05, 3.63) is 47.8 Å². The molecule has 2 aromatic rings. The van der Waals surface area contributed by atoms with E-state index in [0.717, 1.165) is 45.3 Å². The summed E-state index contributed by atoms with van der Waals surface area (Å²) in [6, 6.07) is 4.15. The highest BCUT2D eigenvalue weighted by Gasteiger charge is 2.31. The van der Waals surface area contributed by atoms with E-state index in [1.165, 1.54) is 29.8 Å². The van der Waals surface area contributed by atoms with Gasteiger partial charge in [0, 0.05) is 56.8 Å². The van der Waals surface area contributed by atoms with E-state index in [9.17, 15) is 0 Å². The van der Waals surface area contributed by atoms with Gasteiger partial charge in [0.2, 0.25) is 0 Å². The lowest BCUT2D eigenvalue weighted by atomic mass is 9.98. The summed E-state index contributed by atoms with van der Waals surface area (Å²) in [5.74, 6) is 1.27. The van der Waals surface area contributed by atoms with Gasteiger partial charge in [-0.15, -0.1) is 0 Å². The Morgan fingerprint density at radius 3 is 3.00 bits per heavy atom. The molecule has 0 saturated heterocycles. The summed E-state index contributed by atoms with van der Waals surface area (Å²) in [5.41, 5.74) is 3.90. The average Bonchev–Trinajstić information content (AvgIpc) is 3.33. The summed E-state index contributed by atoms with van der Waals surface area (Å²) in [6.07, 6.45) is 8.58. The molecule has 1 saturated carbocycles. The summed E-state index contributed by atoms with van der Waals surface area (Å²) >= 11 is 0. The van der Waals surface area contributed by atoms with Crippen LogP contribution in [0.3, 0.4) is 0 Å². The van der Waals surface area contributed by atoms with Crippen LogP contribution in [0.15, 0.2) is 30.9 Å². The van der Waals surface area contributed by atoms with Gasteiger partial charge in [0.25, 0.3) is 0 Å². The van der Waals surface area contributed by atoms with Gasteiger partial charge in [-0.1, -0.05) is 6.07 Å². The Balaban J connectivity index is 1.53.